The molecule has 14 heavy (non-hydrogen) atoms. The number of hydrogen-bond donors (Lipinski definition) is 4. The minimum absolute atomic E-state index is 0.282. The van der Waals surface area contributed by atoms with Crippen LogP contribution in [0.5, 0.6) is 0 Å². The fourth-order valence-corrected chi connectivity index (χ4v) is 1.38. The summed E-state index contributed by atoms with van der Waals surface area (Å²) in [7, 11) is 0. The number of amides is 2. The van der Waals surface area contributed by atoms with E-state index in [1.165, 1.54) is 0 Å². The van der Waals surface area contributed by atoms with Gasteiger partial charge < -0.3 is 21.9 Å². The first-order valence-corrected chi connectivity index (χ1v) is 5.25. The van der Waals surface area contributed by atoms with Gasteiger partial charge in [-0.3, -0.25) is 0 Å². The molecule has 0 saturated heterocycles. The Balaban J connectivity index is 3.85. The third-order valence-corrected chi connectivity index (χ3v) is 2.86. The van der Waals surface area contributed by atoms with E-state index in [-0.39, 0.29) is 6.42 Å². The second-order valence-electron chi connectivity index (χ2n) is 2.79. The fourth-order valence-electron chi connectivity index (χ4n) is 0.859. The number of thioether (sulfide) groups is 1. The number of aliphatic carboxylic acids is 1. The van der Waals surface area contributed by atoms with Crippen LogP contribution in [0.25, 0.3) is 0 Å². The molecule has 82 valence electrons. The maximum Gasteiger partial charge on any atom is 0.334 e. The molecule has 0 radical (unpaired) electrons. The third kappa shape index (κ3) is 4.33. The summed E-state index contributed by atoms with van der Waals surface area (Å²) in [5.74, 6) is -1.05. The molecule has 0 aliphatic carbocycles. The number of carbonyl (C=O) groups excluding carboxylic acids is 1. The first-order valence-electron chi connectivity index (χ1n) is 4.03. The molecular formula is C7H15N3O3S. The first kappa shape index (κ1) is 13.1. The van der Waals surface area contributed by atoms with Crippen LogP contribution in [-0.2, 0) is 4.79 Å². The standard InChI is InChI=1S/C7H15N3O3S/c1-14-7(9,5(11)12)3-2-4-10-6(8)13/h2-4,9H2,1H3,(H,11,12)(H3,8,10,13). The van der Waals surface area contributed by atoms with Gasteiger partial charge in [0.05, 0.1) is 0 Å². The van der Waals surface area contributed by atoms with Crippen molar-refractivity contribution in [1.82, 2.24) is 5.32 Å². The fraction of sp³-hybridized carbons (Fsp3) is 0.714. The van der Waals surface area contributed by atoms with Crippen LogP contribution in [0.3, 0.4) is 0 Å². The smallest absolute Gasteiger partial charge is 0.334 e. The van der Waals surface area contributed by atoms with E-state index in [0.717, 1.165) is 11.8 Å². The minimum Gasteiger partial charge on any atom is -0.479 e. The number of nitrogens with one attached hydrogen (secondary N) is 1. The average molecular weight is 221 g/mol. The summed E-state index contributed by atoms with van der Waals surface area (Å²) in [5.41, 5.74) is 10.4. The lowest BCUT2D eigenvalue weighted by Crippen LogP contribution is -2.45. The van der Waals surface area contributed by atoms with Crippen molar-refractivity contribution < 1.29 is 14.7 Å². The van der Waals surface area contributed by atoms with Crippen molar-refractivity contribution in [1.29, 1.82) is 0 Å². The predicted octanol–water partition coefficient (Wildman–Crippen LogP) is -0.462. The molecule has 0 aliphatic heterocycles. The van der Waals surface area contributed by atoms with Crippen molar-refractivity contribution in [3.05, 3.63) is 0 Å². The molecule has 6 N–H and O–H groups in total. The van der Waals surface area contributed by atoms with E-state index in [1.54, 1.807) is 6.26 Å². The Morgan fingerprint density at radius 1 is 1.57 bits per heavy atom. The summed E-state index contributed by atoms with van der Waals surface area (Å²) >= 11 is 1.07. The Labute approximate surface area is 86.4 Å². The van der Waals surface area contributed by atoms with Gasteiger partial charge in [-0.25, -0.2) is 9.59 Å². The number of primary amides is 1. The van der Waals surface area contributed by atoms with Gasteiger partial charge in [0.2, 0.25) is 0 Å². The number of carboxylic acid groups (broad SMARTS) is 1. The highest BCUT2D eigenvalue weighted by atomic mass is 32.2. The Hall–Kier alpha value is -0.950. The Kier molecular flexibility index (Phi) is 5.32. The van der Waals surface area contributed by atoms with Crippen LogP contribution in [0.4, 0.5) is 4.79 Å². The van der Waals surface area contributed by atoms with Gasteiger partial charge in [0.25, 0.3) is 0 Å². The lowest BCUT2D eigenvalue weighted by molar-refractivity contribution is -0.139. The molecule has 0 aromatic rings. The van der Waals surface area contributed by atoms with Crippen LogP contribution in [0, 0.1) is 0 Å². The maximum atomic E-state index is 10.7. The molecule has 2 amide bonds. The summed E-state index contributed by atoms with van der Waals surface area (Å²) in [6.45, 7) is 0.335. The van der Waals surface area contributed by atoms with E-state index in [0.29, 0.717) is 13.0 Å². The van der Waals surface area contributed by atoms with Crippen LogP contribution < -0.4 is 16.8 Å². The number of rotatable bonds is 6. The normalized spacial score (nSPS) is 14.4. The molecule has 0 aromatic carbocycles. The van der Waals surface area contributed by atoms with Crippen molar-refractivity contribution >= 4 is 23.8 Å². The van der Waals surface area contributed by atoms with E-state index >= 15 is 0 Å². The second kappa shape index (κ2) is 5.71. The predicted molar refractivity (Wildman–Crippen MR) is 54.9 cm³/mol. The van der Waals surface area contributed by atoms with E-state index < -0.39 is 16.9 Å². The molecular weight excluding hydrogens is 206 g/mol. The molecule has 0 fully saturated rings. The van der Waals surface area contributed by atoms with Gasteiger partial charge in [-0.2, -0.15) is 0 Å². The molecule has 1 atom stereocenters. The molecule has 6 nitrogen and oxygen atoms in total. The number of carbonyl (C=O) groups is 2. The highest BCUT2D eigenvalue weighted by Gasteiger charge is 2.32. The highest BCUT2D eigenvalue weighted by molar-refractivity contribution is 8.00. The number of nitrogens with two attached hydrogens (primary N) is 2. The van der Waals surface area contributed by atoms with Gasteiger partial charge in [0.15, 0.2) is 4.87 Å². The van der Waals surface area contributed by atoms with Crippen molar-refractivity contribution in [3.8, 4) is 0 Å². The van der Waals surface area contributed by atoms with Gasteiger partial charge in [-0.1, -0.05) is 0 Å². The molecule has 0 saturated carbocycles. The average Bonchev–Trinajstić information content (AvgIpc) is 2.11. The highest BCUT2D eigenvalue weighted by Crippen LogP contribution is 2.21. The van der Waals surface area contributed by atoms with Crippen LogP contribution in [0.15, 0.2) is 0 Å². The summed E-state index contributed by atoms with van der Waals surface area (Å²) in [5, 5.41) is 11.1. The molecule has 0 spiro atoms. The second-order valence-corrected chi connectivity index (χ2v) is 3.93. The van der Waals surface area contributed by atoms with Crippen molar-refractivity contribution in [3.63, 3.8) is 0 Å². The maximum absolute atomic E-state index is 10.7. The topological polar surface area (TPSA) is 118 Å². The van der Waals surface area contributed by atoms with Crippen LogP contribution >= 0.6 is 11.8 Å². The SMILES string of the molecule is CSC(N)(CCCNC(N)=O)C(=O)O. The van der Waals surface area contributed by atoms with Crippen molar-refractivity contribution in [2.24, 2.45) is 11.5 Å². The van der Waals surface area contributed by atoms with Gasteiger partial charge in [0, 0.05) is 6.54 Å². The van der Waals surface area contributed by atoms with Gasteiger partial charge in [0.1, 0.15) is 0 Å². The van der Waals surface area contributed by atoms with E-state index in [1.807, 2.05) is 0 Å². The molecule has 0 aromatic heterocycles. The van der Waals surface area contributed by atoms with E-state index in [2.05, 4.69) is 5.32 Å². The number of carboxylic acids is 1. The quantitative estimate of drug-likeness (QED) is 0.357. The summed E-state index contributed by atoms with van der Waals surface area (Å²) < 4.78 is 0. The molecule has 7 heteroatoms. The van der Waals surface area contributed by atoms with Crippen LogP contribution in [-0.4, -0.2) is 34.8 Å². The molecule has 1 unspecified atom stereocenters. The zero-order valence-corrected chi connectivity index (χ0v) is 8.76. The van der Waals surface area contributed by atoms with Crippen LogP contribution in [0.2, 0.25) is 0 Å². The molecule has 0 bridgehead atoms. The minimum atomic E-state index is -1.28. The van der Waals surface area contributed by atoms with E-state index in [4.69, 9.17) is 16.6 Å². The molecule has 0 aliphatic rings. The number of urea groups is 1. The van der Waals surface area contributed by atoms with Gasteiger partial charge >= 0.3 is 12.0 Å². The number of hydrogen-bond acceptors (Lipinski definition) is 4. The Morgan fingerprint density at radius 3 is 2.50 bits per heavy atom. The van der Waals surface area contributed by atoms with Crippen molar-refractivity contribution in [2.75, 3.05) is 12.8 Å². The van der Waals surface area contributed by atoms with Gasteiger partial charge in [-0.05, 0) is 19.1 Å². The molecule has 0 rings (SSSR count). The lowest BCUT2D eigenvalue weighted by Gasteiger charge is -2.21. The van der Waals surface area contributed by atoms with Gasteiger partial charge in [-0.15, -0.1) is 11.8 Å². The summed E-state index contributed by atoms with van der Waals surface area (Å²) in [4.78, 5) is 19.7. The summed E-state index contributed by atoms with van der Waals surface area (Å²) in [6.07, 6.45) is 2.39. The van der Waals surface area contributed by atoms with E-state index in [9.17, 15) is 9.59 Å². The zero-order chi connectivity index (χ0) is 11.2. The molecule has 0 heterocycles. The lowest BCUT2D eigenvalue weighted by atomic mass is 10.1. The Morgan fingerprint density at radius 2 is 2.14 bits per heavy atom. The summed E-state index contributed by atoms with van der Waals surface area (Å²) in [6, 6.07) is -0.618. The Bertz CT molecular complexity index is 224. The first-order chi connectivity index (χ1) is 6.42. The zero-order valence-electron chi connectivity index (χ0n) is 7.95. The van der Waals surface area contributed by atoms with Crippen LogP contribution in [0.1, 0.15) is 12.8 Å². The largest absolute Gasteiger partial charge is 0.479 e. The monoisotopic (exact) mass is 221 g/mol. The van der Waals surface area contributed by atoms with Crippen molar-refractivity contribution in [2.45, 2.75) is 17.7 Å². The third-order valence-electron chi connectivity index (χ3n) is 1.75.